The van der Waals surface area contributed by atoms with E-state index in [1.54, 1.807) is 0 Å². The molecule has 1 aliphatic heterocycles. The molecule has 0 spiro atoms. The summed E-state index contributed by atoms with van der Waals surface area (Å²) >= 11 is 5.63. The summed E-state index contributed by atoms with van der Waals surface area (Å²) in [6.07, 6.45) is 0.680. The number of hydrogen-bond acceptors (Lipinski definition) is 5. The van der Waals surface area contributed by atoms with Crippen molar-refractivity contribution in [3.8, 4) is 5.75 Å². The van der Waals surface area contributed by atoms with Gasteiger partial charge < -0.3 is 20.1 Å². The van der Waals surface area contributed by atoms with E-state index in [4.69, 9.17) is 21.1 Å². The third-order valence-electron chi connectivity index (χ3n) is 6.49. The summed E-state index contributed by atoms with van der Waals surface area (Å²) in [7, 11) is 1.50. The molecule has 0 radical (unpaired) electrons. The summed E-state index contributed by atoms with van der Waals surface area (Å²) in [5.41, 5.74) is -0.374. The zero-order chi connectivity index (χ0) is 22.2. The van der Waals surface area contributed by atoms with Crippen molar-refractivity contribution >= 4 is 23.4 Å². The molecular formula is C21H26ClF2N3O4. The fourth-order valence-electron chi connectivity index (χ4n) is 4.98. The maximum Gasteiger partial charge on any atom is 0.258 e. The highest BCUT2D eigenvalue weighted by Crippen LogP contribution is 2.52. The minimum Gasteiger partial charge on any atom is -0.484 e. The largest absolute Gasteiger partial charge is 0.484 e. The maximum absolute atomic E-state index is 13.8. The summed E-state index contributed by atoms with van der Waals surface area (Å²) in [6.45, 7) is -0.0703. The normalized spacial score (nSPS) is 34.0. The molecule has 4 fully saturated rings. The quantitative estimate of drug-likeness (QED) is 0.582. The molecule has 1 heterocycles. The standard InChI is InChI=1S/C21H26ClF2N3O4/c1-30-20-14(4-12(23)9-25-20)19(29)27-21-6-11(7-21)17(8-21)26-18(28)10-31-13-2-3-15(22)16(24)5-13/h2-3,5,11-12,14,17,20,25H,4,6-10H2,1H3,(H,26,28)(H,27,29). The average molecular weight is 458 g/mol. The number of carbonyl (C=O) groups is 2. The zero-order valence-electron chi connectivity index (χ0n) is 17.1. The van der Waals surface area contributed by atoms with Gasteiger partial charge in [0.15, 0.2) is 6.61 Å². The molecule has 31 heavy (non-hydrogen) atoms. The van der Waals surface area contributed by atoms with Crippen LogP contribution < -0.4 is 20.7 Å². The van der Waals surface area contributed by atoms with E-state index in [-0.39, 0.29) is 59.7 Å². The van der Waals surface area contributed by atoms with Gasteiger partial charge in [-0.3, -0.25) is 14.9 Å². The number of carbonyl (C=O) groups excluding carboxylic acids is 2. The van der Waals surface area contributed by atoms with Crippen molar-refractivity contribution in [1.82, 2.24) is 16.0 Å². The number of hydrogen-bond donors (Lipinski definition) is 3. The molecular weight excluding hydrogens is 432 g/mol. The Bertz CT molecular complexity index is 852. The van der Waals surface area contributed by atoms with Gasteiger partial charge in [-0.25, -0.2) is 8.78 Å². The van der Waals surface area contributed by atoms with Crippen molar-refractivity contribution in [1.29, 1.82) is 0 Å². The monoisotopic (exact) mass is 457 g/mol. The lowest BCUT2D eigenvalue weighted by Gasteiger charge is -2.41. The van der Waals surface area contributed by atoms with Gasteiger partial charge in [0.25, 0.3) is 5.91 Å². The van der Waals surface area contributed by atoms with E-state index in [9.17, 15) is 18.4 Å². The molecule has 4 unspecified atom stereocenters. The van der Waals surface area contributed by atoms with Crippen molar-refractivity contribution in [2.45, 2.75) is 49.7 Å². The first-order valence-corrected chi connectivity index (χ1v) is 10.8. The van der Waals surface area contributed by atoms with Crippen molar-refractivity contribution in [3.05, 3.63) is 29.0 Å². The first kappa shape index (κ1) is 22.2. The Kier molecular flexibility index (Phi) is 6.37. The van der Waals surface area contributed by atoms with Crippen LogP contribution in [0.15, 0.2) is 18.2 Å². The molecule has 10 heteroatoms. The Labute approximate surface area is 184 Å². The van der Waals surface area contributed by atoms with E-state index >= 15 is 0 Å². The fourth-order valence-corrected chi connectivity index (χ4v) is 5.10. The van der Waals surface area contributed by atoms with E-state index in [0.717, 1.165) is 18.9 Å². The van der Waals surface area contributed by atoms with E-state index in [1.165, 1.54) is 19.2 Å². The number of nitrogens with one attached hydrogen (secondary N) is 3. The Morgan fingerprint density at radius 1 is 1.32 bits per heavy atom. The van der Waals surface area contributed by atoms with Gasteiger partial charge >= 0.3 is 0 Å². The fraction of sp³-hybridized carbons (Fsp3) is 0.619. The summed E-state index contributed by atoms with van der Waals surface area (Å²) in [4.78, 5) is 25.1. The second kappa shape index (κ2) is 8.88. The molecule has 170 valence electrons. The van der Waals surface area contributed by atoms with Gasteiger partial charge in [-0.15, -0.1) is 0 Å². The Hall–Kier alpha value is -1.97. The first-order chi connectivity index (χ1) is 14.8. The average Bonchev–Trinajstić information content (AvgIpc) is 3.22. The van der Waals surface area contributed by atoms with E-state index in [2.05, 4.69) is 16.0 Å². The molecule has 1 aromatic rings. The van der Waals surface area contributed by atoms with Crippen LogP contribution in [0, 0.1) is 17.7 Å². The minimum absolute atomic E-state index is 0.0160. The van der Waals surface area contributed by atoms with E-state index in [1.807, 2.05) is 0 Å². The molecule has 5 rings (SSSR count). The van der Waals surface area contributed by atoms with Gasteiger partial charge in [-0.1, -0.05) is 11.6 Å². The van der Waals surface area contributed by atoms with Crippen LogP contribution in [0.4, 0.5) is 8.78 Å². The van der Waals surface area contributed by atoms with Gasteiger partial charge in [0, 0.05) is 31.3 Å². The molecule has 2 amide bonds. The highest BCUT2D eigenvalue weighted by Gasteiger charge is 2.57. The molecule has 1 saturated heterocycles. The number of halogens is 3. The highest BCUT2D eigenvalue weighted by atomic mass is 35.5. The lowest BCUT2D eigenvalue weighted by atomic mass is 9.76. The molecule has 4 aliphatic rings. The second-order valence-electron chi connectivity index (χ2n) is 8.68. The van der Waals surface area contributed by atoms with Crippen LogP contribution in [-0.4, -0.2) is 56.1 Å². The molecule has 3 N–H and O–H groups in total. The van der Waals surface area contributed by atoms with Crippen molar-refractivity contribution in [2.24, 2.45) is 11.8 Å². The van der Waals surface area contributed by atoms with E-state index in [0.29, 0.717) is 6.42 Å². The Morgan fingerprint density at radius 2 is 2.10 bits per heavy atom. The van der Waals surface area contributed by atoms with Gasteiger partial charge in [0.2, 0.25) is 5.91 Å². The number of fused-ring (bicyclic) bond motifs is 1. The maximum atomic E-state index is 13.8. The number of benzene rings is 1. The van der Waals surface area contributed by atoms with Crippen molar-refractivity contribution in [2.75, 3.05) is 20.3 Å². The van der Waals surface area contributed by atoms with Crippen LogP contribution in [-0.2, 0) is 14.3 Å². The van der Waals surface area contributed by atoms with Crippen molar-refractivity contribution in [3.63, 3.8) is 0 Å². The van der Waals surface area contributed by atoms with Crippen LogP contribution in [0.1, 0.15) is 25.7 Å². The Balaban J connectivity index is 1.26. The number of piperidine rings is 1. The summed E-state index contributed by atoms with van der Waals surface area (Å²) in [5.74, 6) is -1.25. The van der Waals surface area contributed by atoms with Crippen LogP contribution in [0.25, 0.3) is 0 Å². The Morgan fingerprint density at radius 3 is 2.81 bits per heavy atom. The predicted octanol–water partition coefficient (Wildman–Crippen LogP) is 1.93. The first-order valence-electron chi connectivity index (χ1n) is 10.4. The number of ether oxygens (including phenoxy) is 2. The minimum atomic E-state index is -1.08. The number of rotatable bonds is 7. The van der Waals surface area contributed by atoms with Crippen LogP contribution in [0.5, 0.6) is 5.75 Å². The lowest BCUT2D eigenvalue weighted by molar-refractivity contribution is -0.136. The summed E-state index contributed by atoms with van der Waals surface area (Å²) in [5, 5.41) is 8.92. The van der Waals surface area contributed by atoms with E-state index < -0.39 is 24.1 Å². The van der Waals surface area contributed by atoms with Gasteiger partial charge in [-0.2, -0.15) is 0 Å². The molecule has 4 atom stereocenters. The summed E-state index contributed by atoms with van der Waals surface area (Å²) in [6, 6.07) is 3.91. The third kappa shape index (κ3) is 4.78. The number of alkyl halides is 1. The second-order valence-corrected chi connectivity index (χ2v) is 9.09. The molecule has 1 aromatic carbocycles. The summed E-state index contributed by atoms with van der Waals surface area (Å²) < 4.78 is 37.9. The SMILES string of the molecule is COC1NCC(F)CC1C(=O)NC12CC(C1)C(NC(=O)COc1ccc(Cl)c(F)c1)C2. The molecule has 0 aromatic heterocycles. The highest BCUT2D eigenvalue weighted by molar-refractivity contribution is 6.30. The topological polar surface area (TPSA) is 88.7 Å². The molecule has 7 nitrogen and oxygen atoms in total. The third-order valence-corrected chi connectivity index (χ3v) is 6.79. The molecule has 2 bridgehead atoms. The lowest BCUT2D eigenvalue weighted by Crippen LogP contribution is -2.58. The zero-order valence-corrected chi connectivity index (χ0v) is 17.9. The van der Waals surface area contributed by atoms with Crippen LogP contribution >= 0.6 is 11.6 Å². The van der Waals surface area contributed by atoms with Crippen LogP contribution in [0.2, 0.25) is 5.02 Å². The van der Waals surface area contributed by atoms with Gasteiger partial charge in [0.05, 0.1) is 10.9 Å². The molecule has 3 aliphatic carbocycles. The number of methoxy groups -OCH3 is 1. The van der Waals surface area contributed by atoms with Gasteiger partial charge in [-0.05, 0) is 43.7 Å². The van der Waals surface area contributed by atoms with Crippen molar-refractivity contribution < 1.29 is 27.8 Å². The smallest absolute Gasteiger partial charge is 0.258 e. The number of amides is 2. The molecule has 3 saturated carbocycles. The van der Waals surface area contributed by atoms with Gasteiger partial charge in [0.1, 0.15) is 24.0 Å². The predicted molar refractivity (Wildman–Crippen MR) is 109 cm³/mol. The van der Waals surface area contributed by atoms with Crippen LogP contribution in [0.3, 0.4) is 0 Å².